The first kappa shape index (κ1) is 17.5. The molecule has 0 aliphatic rings. The number of carbonyl (C=O) groups is 1. The lowest BCUT2D eigenvalue weighted by atomic mass is 10.2. The van der Waals surface area contributed by atoms with Crippen molar-refractivity contribution >= 4 is 5.97 Å². The van der Waals surface area contributed by atoms with Crippen LogP contribution < -0.4 is 5.69 Å². The van der Waals surface area contributed by atoms with Gasteiger partial charge >= 0.3 is 11.7 Å². The summed E-state index contributed by atoms with van der Waals surface area (Å²) >= 11 is 0. The Morgan fingerprint density at radius 2 is 1.89 bits per heavy atom. The minimum Gasteiger partial charge on any atom is -0.455 e. The van der Waals surface area contributed by atoms with Crippen LogP contribution in [0.1, 0.15) is 21.7 Å². The van der Waals surface area contributed by atoms with Gasteiger partial charge in [0.15, 0.2) is 5.76 Å². The highest BCUT2D eigenvalue weighted by Crippen LogP contribution is 2.20. The van der Waals surface area contributed by atoms with Crippen LogP contribution in [0.3, 0.4) is 0 Å². The number of benzene rings is 2. The first-order valence-electron chi connectivity index (χ1n) is 8.67. The first-order chi connectivity index (χ1) is 13.6. The molecule has 0 aliphatic carbocycles. The van der Waals surface area contributed by atoms with Crippen LogP contribution in [0.15, 0.2) is 76.2 Å². The lowest BCUT2D eigenvalue weighted by Gasteiger charge is -2.06. The maximum absolute atomic E-state index is 12.3. The zero-order valence-corrected chi connectivity index (χ0v) is 15.1. The van der Waals surface area contributed by atoms with Crippen molar-refractivity contribution in [2.45, 2.75) is 13.5 Å². The van der Waals surface area contributed by atoms with Gasteiger partial charge in [0.2, 0.25) is 0 Å². The number of ether oxygens (including phenoxy) is 1. The largest absolute Gasteiger partial charge is 0.455 e. The van der Waals surface area contributed by atoms with Gasteiger partial charge in [-0.25, -0.2) is 9.59 Å². The number of imidazole rings is 1. The smallest absolute Gasteiger partial charge is 0.338 e. The molecule has 2 aromatic heterocycles. The predicted octanol–water partition coefficient (Wildman–Crippen LogP) is 3.49. The quantitative estimate of drug-likeness (QED) is 0.539. The average Bonchev–Trinajstić information content (AvgIpc) is 3.33. The van der Waals surface area contributed by atoms with Gasteiger partial charge in [-0.3, -0.25) is 4.57 Å². The molecule has 4 rings (SSSR count). The third-order valence-corrected chi connectivity index (χ3v) is 4.29. The van der Waals surface area contributed by atoms with Gasteiger partial charge in [-0.1, -0.05) is 35.5 Å². The Kier molecular flexibility index (Phi) is 4.63. The number of aromatic amines is 1. The molecule has 0 amide bonds. The van der Waals surface area contributed by atoms with E-state index in [1.165, 1.54) is 4.57 Å². The molecule has 0 radical (unpaired) electrons. The second-order valence-corrected chi connectivity index (χ2v) is 6.24. The summed E-state index contributed by atoms with van der Waals surface area (Å²) in [7, 11) is 0. The standard InChI is InChI=1S/C21H17N3O4/c1-14-12-22-21(26)24(14)18-9-7-16(8-10-18)20(25)27-13-17-11-19(28-23-17)15-5-3-2-4-6-15/h2-12H,13H2,1H3,(H,22,26). The fourth-order valence-electron chi connectivity index (χ4n) is 2.86. The summed E-state index contributed by atoms with van der Waals surface area (Å²) in [5.41, 5.74) is 3.03. The van der Waals surface area contributed by atoms with Gasteiger partial charge in [0.25, 0.3) is 0 Å². The SMILES string of the molecule is Cc1c[nH]c(=O)n1-c1ccc(C(=O)OCc2cc(-c3ccccc3)on2)cc1. The summed E-state index contributed by atoms with van der Waals surface area (Å²) in [6, 6.07) is 17.9. The average molecular weight is 375 g/mol. The molecule has 2 aromatic carbocycles. The van der Waals surface area contributed by atoms with E-state index in [9.17, 15) is 9.59 Å². The Balaban J connectivity index is 1.42. The number of nitrogens with one attached hydrogen (secondary N) is 1. The summed E-state index contributed by atoms with van der Waals surface area (Å²) in [5.74, 6) is 0.136. The molecule has 140 valence electrons. The third kappa shape index (κ3) is 3.50. The number of esters is 1. The molecule has 7 heteroatoms. The molecule has 0 unspecified atom stereocenters. The molecule has 0 fully saturated rings. The van der Waals surface area contributed by atoms with E-state index in [-0.39, 0.29) is 12.3 Å². The van der Waals surface area contributed by atoms with E-state index in [1.54, 1.807) is 36.5 Å². The molecule has 28 heavy (non-hydrogen) atoms. The van der Waals surface area contributed by atoms with Crippen molar-refractivity contribution < 1.29 is 14.1 Å². The molecule has 1 N–H and O–H groups in total. The minimum absolute atomic E-state index is 0.00724. The van der Waals surface area contributed by atoms with E-state index in [1.807, 2.05) is 37.3 Å². The number of rotatable bonds is 5. The molecular weight excluding hydrogens is 358 g/mol. The molecule has 0 bridgehead atoms. The minimum atomic E-state index is -0.478. The van der Waals surface area contributed by atoms with E-state index >= 15 is 0 Å². The number of nitrogens with zero attached hydrogens (tertiary/aromatic N) is 2. The Morgan fingerprint density at radius 1 is 1.14 bits per heavy atom. The number of aromatic nitrogens is 3. The number of carbonyl (C=O) groups excluding carboxylic acids is 1. The van der Waals surface area contributed by atoms with Crippen molar-refractivity contribution in [2.75, 3.05) is 0 Å². The van der Waals surface area contributed by atoms with Crippen molar-refractivity contribution in [3.8, 4) is 17.0 Å². The zero-order valence-electron chi connectivity index (χ0n) is 15.1. The first-order valence-corrected chi connectivity index (χ1v) is 8.67. The van der Waals surface area contributed by atoms with Crippen molar-refractivity contribution in [3.05, 3.63) is 94.3 Å². The Labute approximate surface area is 160 Å². The fourth-order valence-corrected chi connectivity index (χ4v) is 2.86. The fraction of sp³-hybridized carbons (Fsp3) is 0.0952. The van der Waals surface area contributed by atoms with Crippen LogP contribution >= 0.6 is 0 Å². The molecular formula is C21H17N3O4. The molecule has 0 atom stereocenters. The van der Waals surface area contributed by atoms with E-state index < -0.39 is 5.97 Å². The zero-order chi connectivity index (χ0) is 19.5. The highest BCUT2D eigenvalue weighted by atomic mass is 16.5. The van der Waals surface area contributed by atoms with Crippen LogP contribution in [0, 0.1) is 6.92 Å². The highest BCUT2D eigenvalue weighted by molar-refractivity contribution is 5.89. The topological polar surface area (TPSA) is 90.1 Å². The number of aryl methyl sites for hydroxylation is 1. The second kappa shape index (κ2) is 7.40. The van der Waals surface area contributed by atoms with E-state index in [0.717, 1.165) is 11.3 Å². The highest BCUT2D eigenvalue weighted by Gasteiger charge is 2.12. The number of hydrogen-bond donors (Lipinski definition) is 1. The maximum atomic E-state index is 12.3. The lowest BCUT2D eigenvalue weighted by Crippen LogP contribution is -2.16. The van der Waals surface area contributed by atoms with Crippen molar-refractivity contribution in [3.63, 3.8) is 0 Å². The Morgan fingerprint density at radius 3 is 2.57 bits per heavy atom. The van der Waals surface area contributed by atoms with Gasteiger partial charge in [0.05, 0.1) is 11.3 Å². The van der Waals surface area contributed by atoms with Gasteiger partial charge in [0, 0.05) is 23.5 Å². The summed E-state index contributed by atoms with van der Waals surface area (Å²) in [4.78, 5) is 26.7. The van der Waals surface area contributed by atoms with Crippen LogP contribution in [0.4, 0.5) is 0 Å². The monoisotopic (exact) mass is 375 g/mol. The summed E-state index contributed by atoms with van der Waals surface area (Å²) in [5, 5.41) is 3.93. The van der Waals surface area contributed by atoms with E-state index in [0.29, 0.717) is 22.7 Å². The van der Waals surface area contributed by atoms with Gasteiger partial charge in [-0.2, -0.15) is 0 Å². The predicted molar refractivity (Wildman–Crippen MR) is 102 cm³/mol. The van der Waals surface area contributed by atoms with E-state index in [2.05, 4.69) is 10.1 Å². The van der Waals surface area contributed by atoms with Crippen LogP contribution in [0.2, 0.25) is 0 Å². The number of H-pyrrole nitrogens is 1. The Bertz CT molecular complexity index is 1150. The summed E-state index contributed by atoms with van der Waals surface area (Å²) in [6.07, 6.45) is 1.63. The molecule has 0 saturated heterocycles. The van der Waals surface area contributed by atoms with Crippen molar-refractivity contribution in [1.82, 2.24) is 14.7 Å². The van der Waals surface area contributed by atoms with Crippen molar-refractivity contribution in [2.24, 2.45) is 0 Å². The van der Waals surface area contributed by atoms with Crippen LogP contribution in [0.25, 0.3) is 17.0 Å². The van der Waals surface area contributed by atoms with Crippen LogP contribution in [-0.4, -0.2) is 20.7 Å². The molecule has 0 aliphatic heterocycles. The molecule has 2 heterocycles. The van der Waals surface area contributed by atoms with Gasteiger partial charge in [0.1, 0.15) is 12.3 Å². The molecule has 0 spiro atoms. The van der Waals surface area contributed by atoms with Gasteiger partial charge < -0.3 is 14.2 Å². The van der Waals surface area contributed by atoms with Gasteiger partial charge in [-0.15, -0.1) is 0 Å². The summed E-state index contributed by atoms with van der Waals surface area (Å²) in [6.45, 7) is 1.83. The van der Waals surface area contributed by atoms with Crippen molar-refractivity contribution in [1.29, 1.82) is 0 Å². The molecule has 7 nitrogen and oxygen atoms in total. The Hall–Kier alpha value is -3.87. The van der Waals surface area contributed by atoms with Gasteiger partial charge in [-0.05, 0) is 31.2 Å². The molecule has 4 aromatic rings. The third-order valence-electron chi connectivity index (χ3n) is 4.29. The normalized spacial score (nSPS) is 10.8. The lowest BCUT2D eigenvalue weighted by molar-refractivity contribution is 0.0464. The molecule has 0 saturated carbocycles. The van der Waals surface area contributed by atoms with Crippen LogP contribution in [-0.2, 0) is 11.3 Å². The second-order valence-electron chi connectivity index (χ2n) is 6.24. The van der Waals surface area contributed by atoms with E-state index in [4.69, 9.17) is 9.26 Å². The van der Waals surface area contributed by atoms with Crippen LogP contribution in [0.5, 0.6) is 0 Å². The maximum Gasteiger partial charge on any atom is 0.338 e. The number of hydrogen-bond acceptors (Lipinski definition) is 5. The summed E-state index contributed by atoms with van der Waals surface area (Å²) < 4.78 is 12.1.